The van der Waals surface area contributed by atoms with E-state index in [1.165, 1.54) is 12.1 Å². The minimum Gasteiger partial charge on any atom is -0.353 e. The quantitative estimate of drug-likeness (QED) is 0.580. The van der Waals surface area contributed by atoms with E-state index in [1.807, 2.05) is 6.07 Å². The van der Waals surface area contributed by atoms with Crippen LogP contribution in [0.4, 0.5) is 11.5 Å². The number of pyridine rings is 1. The van der Waals surface area contributed by atoms with Crippen LogP contribution in [0.3, 0.4) is 0 Å². The lowest BCUT2D eigenvalue weighted by atomic mass is 10.2. The number of carbonyl (C=O) groups excluding carboxylic acids is 1. The maximum absolute atomic E-state index is 13.0. The Bertz CT molecular complexity index is 1230. The average molecular weight is 491 g/mol. The first-order valence-corrected chi connectivity index (χ1v) is 12.1. The molecule has 0 bridgehead atoms. The number of sulfonamides is 1. The number of amides is 1. The standard InChI is InChI=1S/C22H20Cl2N4O3S/c23-17-8-9-21(25-15-17)27-10-12-28(13-11-27)22(29)16-4-3-5-18(14-16)32(30,31)26-20-7-2-1-6-19(20)24/h1-9,14-15,26H,10-13H2. The van der Waals surface area contributed by atoms with E-state index in [1.54, 1.807) is 53.6 Å². The molecule has 1 aromatic heterocycles. The number of anilines is 2. The summed E-state index contributed by atoms with van der Waals surface area (Å²) in [5, 5.41) is 0.859. The van der Waals surface area contributed by atoms with Gasteiger partial charge in [0.1, 0.15) is 5.82 Å². The number of halogens is 2. The fourth-order valence-corrected chi connectivity index (χ4v) is 4.90. The molecule has 7 nitrogen and oxygen atoms in total. The van der Waals surface area contributed by atoms with E-state index in [9.17, 15) is 13.2 Å². The Hall–Kier alpha value is -2.81. The molecule has 10 heteroatoms. The molecular weight excluding hydrogens is 471 g/mol. The summed E-state index contributed by atoms with van der Waals surface area (Å²) in [5.74, 6) is 0.587. The topological polar surface area (TPSA) is 82.6 Å². The molecule has 0 spiro atoms. The Morgan fingerprint density at radius 1 is 0.938 bits per heavy atom. The first-order valence-electron chi connectivity index (χ1n) is 9.87. The van der Waals surface area contributed by atoms with Gasteiger partial charge >= 0.3 is 0 Å². The van der Waals surface area contributed by atoms with Crippen LogP contribution in [0, 0.1) is 0 Å². The Kier molecular flexibility index (Phi) is 6.55. The van der Waals surface area contributed by atoms with Crippen molar-refractivity contribution < 1.29 is 13.2 Å². The summed E-state index contributed by atoms with van der Waals surface area (Å²) in [6.45, 7) is 2.23. The van der Waals surface area contributed by atoms with Crippen LogP contribution in [-0.2, 0) is 10.0 Å². The molecular formula is C22H20Cl2N4O3S. The molecule has 1 N–H and O–H groups in total. The molecule has 1 saturated heterocycles. The molecule has 0 radical (unpaired) electrons. The maximum atomic E-state index is 13.0. The van der Waals surface area contributed by atoms with Crippen molar-refractivity contribution in [3.8, 4) is 0 Å². The fourth-order valence-electron chi connectivity index (χ4n) is 3.42. The molecule has 4 rings (SSSR count). The van der Waals surface area contributed by atoms with Gasteiger partial charge in [-0.2, -0.15) is 0 Å². The number of piperazine rings is 1. The van der Waals surface area contributed by atoms with Crippen molar-refractivity contribution in [1.29, 1.82) is 0 Å². The van der Waals surface area contributed by atoms with Gasteiger partial charge in [-0.05, 0) is 42.5 Å². The normalized spacial score (nSPS) is 14.3. The van der Waals surface area contributed by atoms with Gasteiger partial charge in [0.25, 0.3) is 15.9 Å². The highest BCUT2D eigenvalue weighted by molar-refractivity contribution is 7.92. The zero-order valence-electron chi connectivity index (χ0n) is 16.9. The van der Waals surface area contributed by atoms with E-state index in [2.05, 4.69) is 14.6 Å². The van der Waals surface area contributed by atoms with Gasteiger partial charge in [0, 0.05) is 37.9 Å². The van der Waals surface area contributed by atoms with Crippen LogP contribution in [0.5, 0.6) is 0 Å². The second-order valence-electron chi connectivity index (χ2n) is 7.23. The molecule has 3 aromatic rings. The Morgan fingerprint density at radius 3 is 2.38 bits per heavy atom. The highest BCUT2D eigenvalue weighted by Crippen LogP contribution is 2.25. The zero-order chi connectivity index (χ0) is 22.7. The van der Waals surface area contributed by atoms with E-state index in [0.29, 0.717) is 36.8 Å². The first kappa shape index (κ1) is 22.4. The minimum absolute atomic E-state index is 0.00716. The van der Waals surface area contributed by atoms with Crippen LogP contribution in [-0.4, -0.2) is 50.4 Å². The number of benzene rings is 2. The second kappa shape index (κ2) is 9.36. The number of hydrogen-bond donors (Lipinski definition) is 1. The summed E-state index contributed by atoms with van der Waals surface area (Å²) in [6, 6.07) is 16.2. The SMILES string of the molecule is O=C(c1cccc(S(=O)(=O)Nc2ccccc2Cl)c1)N1CCN(c2ccc(Cl)cn2)CC1. The van der Waals surface area contributed by atoms with Gasteiger partial charge < -0.3 is 9.80 Å². The van der Waals surface area contributed by atoms with Gasteiger partial charge in [0.15, 0.2) is 0 Å². The number of carbonyl (C=O) groups is 1. The summed E-state index contributed by atoms with van der Waals surface area (Å²) in [5.41, 5.74) is 0.586. The Balaban J connectivity index is 1.46. The number of aromatic nitrogens is 1. The van der Waals surface area contributed by atoms with Crippen LogP contribution in [0.1, 0.15) is 10.4 Å². The average Bonchev–Trinajstić information content (AvgIpc) is 2.81. The molecule has 2 heterocycles. The fraction of sp³-hybridized carbons (Fsp3) is 0.182. The molecule has 32 heavy (non-hydrogen) atoms. The van der Waals surface area contributed by atoms with Crippen molar-refractivity contribution in [3.05, 3.63) is 82.5 Å². The van der Waals surface area contributed by atoms with Crippen molar-refractivity contribution in [3.63, 3.8) is 0 Å². The van der Waals surface area contributed by atoms with Gasteiger partial charge in [-0.3, -0.25) is 9.52 Å². The lowest BCUT2D eigenvalue weighted by Gasteiger charge is -2.35. The summed E-state index contributed by atoms with van der Waals surface area (Å²) < 4.78 is 28.1. The Morgan fingerprint density at radius 2 is 1.69 bits per heavy atom. The number of nitrogens with one attached hydrogen (secondary N) is 1. The molecule has 1 fully saturated rings. The third-order valence-electron chi connectivity index (χ3n) is 5.11. The lowest BCUT2D eigenvalue weighted by molar-refractivity contribution is 0.0746. The summed E-state index contributed by atoms with van der Waals surface area (Å²) >= 11 is 12.0. The van der Waals surface area contributed by atoms with Crippen molar-refractivity contribution in [1.82, 2.24) is 9.88 Å². The first-order chi connectivity index (χ1) is 15.3. The van der Waals surface area contributed by atoms with Crippen LogP contribution < -0.4 is 9.62 Å². The van der Waals surface area contributed by atoms with Crippen molar-refractivity contribution in [2.45, 2.75) is 4.90 Å². The highest BCUT2D eigenvalue weighted by atomic mass is 35.5. The van der Waals surface area contributed by atoms with Crippen LogP contribution in [0.25, 0.3) is 0 Å². The molecule has 0 atom stereocenters. The van der Waals surface area contributed by atoms with Gasteiger partial charge in [0.2, 0.25) is 0 Å². The maximum Gasteiger partial charge on any atom is 0.261 e. The lowest BCUT2D eigenvalue weighted by Crippen LogP contribution is -2.49. The monoisotopic (exact) mass is 490 g/mol. The number of nitrogens with zero attached hydrogens (tertiary/aromatic N) is 3. The molecule has 0 saturated carbocycles. The zero-order valence-corrected chi connectivity index (χ0v) is 19.2. The molecule has 166 valence electrons. The van der Waals surface area contributed by atoms with Crippen LogP contribution in [0.2, 0.25) is 10.0 Å². The molecule has 1 aliphatic heterocycles. The molecule has 0 aliphatic carbocycles. The van der Waals surface area contributed by atoms with Gasteiger partial charge in [-0.15, -0.1) is 0 Å². The van der Waals surface area contributed by atoms with E-state index in [-0.39, 0.29) is 21.5 Å². The summed E-state index contributed by atoms with van der Waals surface area (Å²) in [4.78, 5) is 21.1. The van der Waals surface area contributed by atoms with Crippen molar-refractivity contribution >= 4 is 50.6 Å². The third-order valence-corrected chi connectivity index (χ3v) is 7.03. The molecule has 0 unspecified atom stereocenters. The van der Waals surface area contributed by atoms with E-state index in [4.69, 9.17) is 23.2 Å². The van der Waals surface area contributed by atoms with Gasteiger partial charge in [-0.25, -0.2) is 13.4 Å². The number of hydrogen-bond acceptors (Lipinski definition) is 5. The molecule has 1 amide bonds. The van der Waals surface area contributed by atoms with Gasteiger partial charge in [0.05, 0.1) is 20.6 Å². The Labute approximate surface area is 196 Å². The number of rotatable bonds is 5. The second-order valence-corrected chi connectivity index (χ2v) is 9.75. The predicted molar refractivity (Wildman–Crippen MR) is 126 cm³/mol. The minimum atomic E-state index is -3.90. The third kappa shape index (κ3) is 4.98. The van der Waals surface area contributed by atoms with Gasteiger partial charge in [-0.1, -0.05) is 41.4 Å². The summed E-state index contributed by atoms with van der Waals surface area (Å²) in [7, 11) is -3.90. The van der Waals surface area contributed by atoms with E-state index < -0.39 is 10.0 Å². The summed E-state index contributed by atoms with van der Waals surface area (Å²) in [6.07, 6.45) is 1.59. The number of para-hydroxylation sites is 1. The molecule has 2 aromatic carbocycles. The highest BCUT2D eigenvalue weighted by Gasteiger charge is 2.24. The largest absolute Gasteiger partial charge is 0.353 e. The van der Waals surface area contributed by atoms with Crippen LogP contribution >= 0.6 is 23.2 Å². The van der Waals surface area contributed by atoms with Crippen molar-refractivity contribution in [2.24, 2.45) is 0 Å². The molecule has 1 aliphatic rings. The predicted octanol–water partition coefficient (Wildman–Crippen LogP) is 4.15. The van der Waals surface area contributed by atoms with E-state index in [0.717, 1.165) is 5.82 Å². The smallest absolute Gasteiger partial charge is 0.261 e. The van der Waals surface area contributed by atoms with Crippen LogP contribution in [0.15, 0.2) is 71.8 Å². The van der Waals surface area contributed by atoms with Crippen molar-refractivity contribution in [2.75, 3.05) is 35.8 Å². The van der Waals surface area contributed by atoms with E-state index >= 15 is 0 Å².